The monoisotopic (exact) mass is 231 g/mol. The van der Waals surface area contributed by atoms with Gasteiger partial charge in [0.2, 0.25) is 0 Å². The van der Waals surface area contributed by atoms with E-state index in [-0.39, 0.29) is 6.04 Å². The Morgan fingerprint density at radius 1 is 1.35 bits per heavy atom. The normalized spacial score (nSPS) is 16.1. The highest BCUT2D eigenvalue weighted by molar-refractivity contribution is 5.29. The molecule has 1 aromatic rings. The Labute approximate surface area is 103 Å². The second-order valence-electron chi connectivity index (χ2n) is 3.98. The van der Waals surface area contributed by atoms with Crippen molar-refractivity contribution < 1.29 is 5.11 Å². The van der Waals surface area contributed by atoms with Gasteiger partial charge in [-0.1, -0.05) is 55.5 Å². The van der Waals surface area contributed by atoms with E-state index in [2.05, 4.69) is 6.92 Å². The molecule has 92 valence electrons. The first kappa shape index (κ1) is 13.7. The summed E-state index contributed by atoms with van der Waals surface area (Å²) in [6.07, 6.45) is 6.15. The van der Waals surface area contributed by atoms with Gasteiger partial charge >= 0.3 is 0 Å². The molecule has 0 radical (unpaired) electrons. The van der Waals surface area contributed by atoms with Gasteiger partial charge in [-0.25, -0.2) is 0 Å². The minimum Gasteiger partial charge on any atom is -0.386 e. The molecular weight excluding hydrogens is 210 g/mol. The lowest BCUT2D eigenvalue weighted by Crippen LogP contribution is -2.27. The number of nitrogens with two attached hydrogens (primary N) is 1. The predicted octanol–water partition coefficient (Wildman–Crippen LogP) is 2.96. The predicted molar refractivity (Wildman–Crippen MR) is 72.6 cm³/mol. The maximum absolute atomic E-state index is 10.2. The summed E-state index contributed by atoms with van der Waals surface area (Å²) in [5.41, 5.74) is 7.87. The summed E-state index contributed by atoms with van der Waals surface area (Å²) in [7, 11) is 0. The topological polar surface area (TPSA) is 46.2 Å². The highest BCUT2D eigenvalue weighted by atomic mass is 16.3. The van der Waals surface area contributed by atoms with Crippen molar-refractivity contribution in [3.05, 3.63) is 59.7 Å². The van der Waals surface area contributed by atoms with Gasteiger partial charge in [0.1, 0.15) is 0 Å². The zero-order valence-corrected chi connectivity index (χ0v) is 10.5. The summed E-state index contributed by atoms with van der Waals surface area (Å²) in [5.74, 6) is 0. The Morgan fingerprint density at radius 3 is 2.53 bits per heavy atom. The molecule has 2 unspecified atom stereocenters. The maximum Gasteiger partial charge on any atom is 0.0979 e. The molecule has 0 aliphatic heterocycles. The quantitative estimate of drug-likeness (QED) is 0.765. The summed E-state index contributed by atoms with van der Waals surface area (Å²) >= 11 is 0. The Morgan fingerprint density at radius 2 is 2.00 bits per heavy atom. The van der Waals surface area contributed by atoms with Crippen molar-refractivity contribution in [1.82, 2.24) is 0 Å². The van der Waals surface area contributed by atoms with Crippen LogP contribution in [-0.2, 0) is 0 Å². The van der Waals surface area contributed by atoms with Crippen LogP contribution in [0.1, 0.15) is 31.9 Å². The fourth-order valence-corrected chi connectivity index (χ4v) is 1.68. The fraction of sp³-hybridized carbons (Fsp3) is 0.333. The van der Waals surface area contributed by atoms with Crippen LogP contribution >= 0.6 is 0 Å². The van der Waals surface area contributed by atoms with E-state index >= 15 is 0 Å². The molecule has 2 nitrogen and oxygen atoms in total. The van der Waals surface area contributed by atoms with Crippen LogP contribution in [0.3, 0.4) is 0 Å². The van der Waals surface area contributed by atoms with E-state index in [4.69, 9.17) is 5.73 Å². The molecule has 0 saturated carbocycles. The largest absolute Gasteiger partial charge is 0.386 e. The minimum absolute atomic E-state index is 0.385. The van der Waals surface area contributed by atoms with Crippen molar-refractivity contribution in [2.24, 2.45) is 5.73 Å². The molecule has 2 atom stereocenters. The molecule has 0 aliphatic carbocycles. The highest BCUT2D eigenvalue weighted by Gasteiger charge is 2.18. The SMILES string of the molecule is C/C=C(\C=C/CC)C(O)C(N)c1ccccc1. The van der Waals surface area contributed by atoms with Gasteiger partial charge < -0.3 is 10.8 Å². The van der Waals surface area contributed by atoms with Crippen LogP contribution in [0.2, 0.25) is 0 Å². The van der Waals surface area contributed by atoms with Crippen LogP contribution in [0.4, 0.5) is 0 Å². The molecule has 0 heterocycles. The van der Waals surface area contributed by atoms with Crippen molar-refractivity contribution in [3.63, 3.8) is 0 Å². The van der Waals surface area contributed by atoms with Gasteiger partial charge in [0.05, 0.1) is 12.1 Å². The summed E-state index contributed by atoms with van der Waals surface area (Å²) in [6, 6.07) is 9.29. The van der Waals surface area contributed by atoms with Crippen LogP contribution < -0.4 is 5.73 Å². The average Bonchev–Trinajstić information content (AvgIpc) is 2.39. The highest BCUT2D eigenvalue weighted by Crippen LogP contribution is 2.20. The van der Waals surface area contributed by atoms with E-state index in [9.17, 15) is 5.11 Å². The standard InChI is InChI=1S/C15H21NO/c1-3-5-9-12(4-2)15(17)14(16)13-10-7-6-8-11-13/h4-11,14-15,17H,3,16H2,1-2H3/b9-5-,12-4+. The van der Waals surface area contributed by atoms with Crippen molar-refractivity contribution in [2.75, 3.05) is 0 Å². The molecule has 0 fully saturated rings. The average molecular weight is 231 g/mol. The van der Waals surface area contributed by atoms with Gasteiger partial charge in [-0.3, -0.25) is 0 Å². The molecular formula is C15H21NO. The molecule has 0 bridgehead atoms. The lowest BCUT2D eigenvalue weighted by molar-refractivity contribution is 0.183. The van der Waals surface area contributed by atoms with Gasteiger partial charge in [-0.05, 0) is 24.5 Å². The van der Waals surface area contributed by atoms with E-state index in [0.29, 0.717) is 0 Å². The number of aliphatic hydroxyl groups excluding tert-OH is 1. The van der Waals surface area contributed by atoms with Gasteiger partial charge in [-0.2, -0.15) is 0 Å². The molecule has 2 heteroatoms. The summed E-state index contributed by atoms with van der Waals surface area (Å²) < 4.78 is 0. The summed E-state index contributed by atoms with van der Waals surface area (Å²) in [4.78, 5) is 0. The van der Waals surface area contributed by atoms with E-state index in [1.165, 1.54) is 0 Å². The smallest absolute Gasteiger partial charge is 0.0979 e. The van der Waals surface area contributed by atoms with Crippen LogP contribution in [0.25, 0.3) is 0 Å². The molecule has 0 spiro atoms. The van der Waals surface area contributed by atoms with E-state index in [1.54, 1.807) is 0 Å². The molecule has 0 saturated heterocycles. The molecule has 1 aromatic carbocycles. The Kier molecular flexibility index (Phi) is 5.67. The number of hydrogen-bond acceptors (Lipinski definition) is 2. The second kappa shape index (κ2) is 7.05. The van der Waals surface area contributed by atoms with E-state index in [0.717, 1.165) is 17.6 Å². The molecule has 0 aromatic heterocycles. The first-order valence-electron chi connectivity index (χ1n) is 6.02. The third kappa shape index (κ3) is 3.84. The van der Waals surface area contributed by atoms with Crippen molar-refractivity contribution >= 4 is 0 Å². The Hall–Kier alpha value is -1.38. The Balaban J connectivity index is 2.82. The zero-order chi connectivity index (χ0) is 12.7. The number of allylic oxidation sites excluding steroid dienone is 2. The van der Waals surface area contributed by atoms with E-state index in [1.807, 2.05) is 55.5 Å². The van der Waals surface area contributed by atoms with Crippen LogP contribution in [0, 0.1) is 0 Å². The van der Waals surface area contributed by atoms with Crippen LogP contribution in [0.15, 0.2) is 54.1 Å². The number of rotatable bonds is 5. The molecule has 17 heavy (non-hydrogen) atoms. The maximum atomic E-state index is 10.2. The lowest BCUT2D eigenvalue weighted by Gasteiger charge is -2.20. The molecule has 3 N–H and O–H groups in total. The van der Waals surface area contributed by atoms with E-state index < -0.39 is 6.10 Å². The van der Waals surface area contributed by atoms with Gasteiger partial charge in [0.25, 0.3) is 0 Å². The minimum atomic E-state index is -0.662. The van der Waals surface area contributed by atoms with Gasteiger partial charge in [0, 0.05) is 0 Å². The summed E-state index contributed by atoms with van der Waals surface area (Å²) in [5, 5.41) is 10.2. The van der Waals surface area contributed by atoms with Gasteiger partial charge in [0.15, 0.2) is 0 Å². The Bertz CT molecular complexity index is 381. The second-order valence-corrected chi connectivity index (χ2v) is 3.98. The fourth-order valence-electron chi connectivity index (χ4n) is 1.68. The molecule has 0 amide bonds. The van der Waals surface area contributed by atoms with Crippen molar-refractivity contribution in [2.45, 2.75) is 32.4 Å². The third-order valence-electron chi connectivity index (χ3n) is 2.75. The van der Waals surface area contributed by atoms with Gasteiger partial charge in [-0.15, -0.1) is 0 Å². The molecule has 0 aliphatic rings. The lowest BCUT2D eigenvalue weighted by atomic mass is 9.96. The third-order valence-corrected chi connectivity index (χ3v) is 2.75. The van der Waals surface area contributed by atoms with Crippen molar-refractivity contribution in [1.29, 1.82) is 0 Å². The number of hydrogen-bond donors (Lipinski definition) is 2. The first-order chi connectivity index (χ1) is 8.20. The molecule has 1 rings (SSSR count). The van der Waals surface area contributed by atoms with Crippen LogP contribution in [0.5, 0.6) is 0 Å². The van der Waals surface area contributed by atoms with Crippen molar-refractivity contribution in [3.8, 4) is 0 Å². The van der Waals surface area contributed by atoms with Crippen LogP contribution in [-0.4, -0.2) is 11.2 Å². The number of aliphatic hydroxyl groups is 1. The number of benzene rings is 1. The first-order valence-corrected chi connectivity index (χ1v) is 6.02. The summed E-state index contributed by atoms with van der Waals surface area (Å²) in [6.45, 7) is 3.98. The zero-order valence-electron chi connectivity index (χ0n) is 10.5.